The van der Waals surface area contributed by atoms with Gasteiger partial charge in [-0.25, -0.2) is 9.97 Å². The van der Waals surface area contributed by atoms with Gasteiger partial charge in [0.2, 0.25) is 0 Å². The van der Waals surface area contributed by atoms with Gasteiger partial charge in [-0.05, 0) is 74.9 Å². The third kappa shape index (κ3) is 13.7. The molecule has 2 heterocycles. The number of hydrogen-bond acceptors (Lipinski definition) is 2. The van der Waals surface area contributed by atoms with Crippen molar-refractivity contribution in [3.63, 3.8) is 0 Å². The summed E-state index contributed by atoms with van der Waals surface area (Å²) < 4.78 is 24.1. The van der Waals surface area contributed by atoms with Crippen LogP contribution in [0.1, 0.15) is 17.5 Å². The summed E-state index contributed by atoms with van der Waals surface area (Å²) in [6.07, 6.45) is 4.95. The van der Waals surface area contributed by atoms with Crippen LogP contribution in [0, 0.1) is 6.92 Å². The topological polar surface area (TPSA) is 25.8 Å². The van der Waals surface area contributed by atoms with Crippen molar-refractivity contribution in [3.05, 3.63) is 57.0 Å². The van der Waals surface area contributed by atoms with Crippen LogP contribution in [0.25, 0.3) is 0 Å². The Bertz CT molecular complexity index is 485. The molecule has 7 heteroatoms. The predicted molar refractivity (Wildman–Crippen MR) is 103 cm³/mol. The van der Waals surface area contributed by atoms with Crippen LogP contribution in [0.15, 0.2) is 45.9 Å². The highest BCUT2D eigenvalue weighted by Crippen LogP contribution is 2.07. The van der Waals surface area contributed by atoms with Gasteiger partial charge in [0, 0.05) is 17.7 Å². The highest BCUT2D eigenvalue weighted by atomic mass is 79.9. The van der Waals surface area contributed by atoms with Gasteiger partial charge in [-0.2, -0.15) is 0 Å². The number of aryl methyl sites for hydroxylation is 2. The molecule has 0 fully saturated rings. The Kier molecular flexibility index (Phi) is 14.9. The molecule has 2 rings (SSSR count). The Labute approximate surface area is 161 Å². The molecule has 0 bridgehead atoms. The largest absolute Gasteiger partial charge is 0.251 e. The van der Waals surface area contributed by atoms with Gasteiger partial charge in [0.1, 0.15) is 9.21 Å². The fourth-order valence-corrected chi connectivity index (χ4v) is 1.74. The summed E-state index contributed by atoms with van der Waals surface area (Å²) in [6, 6.07) is 7.76. The molecule has 0 radical (unpaired) electrons. The lowest BCUT2D eigenvalue weighted by molar-refractivity contribution is 0.473. The van der Waals surface area contributed by atoms with E-state index >= 15 is 0 Å². The Morgan fingerprint density at radius 1 is 0.913 bits per heavy atom. The average molecular weight is 517 g/mol. The van der Waals surface area contributed by atoms with Crippen LogP contribution in [0.4, 0.5) is 8.78 Å². The Morgan fingerprint density at radius 2 is 1.48 bits per heavy atom. The fourth-order valence-electron chi connectivity index (χ4n) is 1.28. The molecule has 2 aromatic rings. The van der Waals surface area contributed by atoms with Crippen LogP contribution in [-0.2, 0) is 6.42 Å². The monoisotopic (exact) mass is 514 g/mol. The minimum Gasteiger partial charge on any atom is -0.251 e. The molecule has 128 valence electrons. The van der Waals surface area contributed by atoms with Crippen LogP contribution in [0.5, 0.6) is 0 Å². The first kappa shape index (κ1) is 22.6. The van der Waals surface area contributed by atoms with E-state index in [4.69, 9.17) is 0 Å². The van der Waals surface area contributed by atoms with Gasteiger partial charge in [0.25, 0.3) is 0 Å². The Hall–Kier alpha value is -0.400. The summed E-state index contributed by atoms with van der Waals surface area (Å²) in [7, 11) is 0. The maximum atomic E-state index is 11.7. The first-order valence-electron chi connectivity index (χ1n) is 6.90. The highest BCUT2D eigenvalue weighted by molar-refractivity contribution is 9.10. The molecule has 0 unspecified atom stereocenters. The van der Waals surface area contributed by atoms with Crippen molar-refractivity contribution in [2.75, 3.05) is 18.7 Å². The van der Waals surface area contributed by atoms with E-state index in [0.717, 1.165) is 21.2 Å². The normalized spacial score (nSPS) is 9.30. The standard InChI is InChI=1S/C8H9BrFN.C6H6BrN.C2H4BrF/c9-8-4-3-7(6-11-8)2-1-5-10;1-5-2-3-6(7)8-4-5;3-1-2-4/h3-4,6H,1-2,5H2;2-4H,1H3;1-2H2. The Morgan fingerprint density at radius 3 is 1.83 bits per heavy atom. The molecule has 2 nitrogen and oxygen atoms in total. The molecule has 0 aliphatic carbocycles. The van der Waals surface area contributed by atoms with E-state index in [1.54, 1.807) is 6.20 Å². The lowest BCUT2D eigenvalue weighted by Crippen LogP contribution is -1.87. The minimum absolute atomic E-state index is 0.254. The molecule has 0 aromatic carbocycles. The van der Waals surface area contributed by atoms with Crippen LogP contribution in [0.2, 0.25) is 0 Å². The van der Waals surface area contributed by atoms with Crippen LogP contribution in [0.3, 0.4) is 0 Å². The number of aromatic nitrogens is 2. The van der Waals surface area contributed by atoms with Gasteiger partial charge >= 0.3 is 0 Å². The third-order valence-corrected chi connectivity index (χ3v) is 3.57. The molecule has 0 atom stereocenters. The maximum absolute atomic E-state index is 11.7. The quantitative estimate of drug-likeness (QED) is 0.354. The smallest absolute Gasteiger partial charge is 0.106 e. The number of alkyl halides is 3. The van der Waals surface area contributed by atoms with E-state index < -0.39 is 0 Å². The number of rotatable bonds is 4. The van der Waals surface area contributed by atoms with Crippen molar-refractivity contribution >= 4 is 47.8 Å². The van der Waals surface area contributed by atoms with E-state index in [2.05, 4.69) is 57.8 Å². The summed E-state index contributed by atoms with van der Waals surface area (Å²) in [5.41, 5.74) is 2.28. The average Bonchev–Trinajstić information content (AvgIpc) is 2.58. The summed E-state index contributed by atoms with van der Waals surface area (Å²) in [6.45, 7) is 1.50. The van der Waals surface area contributed by atoms with Gasteiger partial charge in [-0.1, -0.05) is 28.1 Å². The molecule has 0 saturated carbocycles. The minimum atomic E-state index is -0.264. The fraction of sp³-hybridized carbons (Fsp3) is 0.375. The predicted octanol–water partition coefficient (Wildman–Crippen LogP) is 6.25. The lowest BCUT2D eigenvalue weighted by atomic mass is 10.2. The third-order valence-electron chi connectivity index (χ3n) is 2.33. The summed E-state index contributed by atoms with van der Waals surface area (Å²) in [5.74, 6) is 0. The molecule has 0 saturated heterocycles. The molecule has 0 amide bonds. The number of nitrogens with zero attached hydrogens (tertiary/aromatic N) is 2. The second kappa shape index (κ2) is 15.1. The van der Waals surface area contributed by atoms with Gasteiger partial charge in [-0.15, -0.1) is 0 Å². The van der Waals surface area contributed by atoms with Crippen molar-refractivity contribution < 1.29 is 8.78 Å². The summed E-state index contributed by atoms with van der Waals surface area (Å²) >= 11 is 9.34. The van der Waals surface area contributed by atoms with Crippen LogP contribution >= 0.6 is 47.8 Å². The molecule has 0 aliphatic heterocycles. The summed E-state index contributed by atoms with van der Waals surface area (Å²) in [5, 5.41) is 0.465. The van der Waals surface area contributed by atoms with E-state index in [9.17, 15) is 8.78 Å². The summed E-state index contributed by atoms with van der Waals surface area (Å²) in [4.78, 5) is 8.02. The molecular formula is C16H19Br3F2N2. The SMILES string of the molecule is Cc1ccc(Br)nc1.FCCBr.FCCCc1ccc(Br)nc1. The van der Waals surface area contributed by atoms with Gasteiger partial charge in [0.15, 0.2) is 0 Å². The van der Waals surface area contributed by atoms with E-state index in [1.165, 1.54) is 5.56 Å². The number of pyridine rings is 2. The van der Waals surface area contributed by atoms with Crippen molar-refractivity contribution in [1.29, 1.82) is 0 Å². The maximum Gasteiger partial charge on any atom is 0.106 e. The second-order valence-electron chi connectivity index (χ2n) is 4.32. The molecule has 0 N–H and O–H groups in total. The molecule has 23 heavy (non-hydrogen) atoms. The molecule has 0 spiro atoms. The van der Waals surface area contributed by atoms with Gasteiger partial charge in [-0.3, -0.25) is 8.78 Å². The Balaban J connectivity index is 0.000000354. The van der Waals surface area contributed by atoms with Gasteiger partial charge in [0.05, 0.1) is 13.3 Å². The lowest BCUT2D eigenvalue weighted by Gasteiger charge is -1.96. The zero-order valence-electron chi connectivity index (χ0n) is 12.8. The van der Waals surface area contributed by atoms with E-state index in [0.29, 0.717) is 11.8 Å². The first-order valence-corrected chi connectivity index (χ1v) is 9.60. The van der Waals surface area contributed by atoms with Crippen LogP contribution < -0.4 is 0 Å². The van der Waals surface area contributed by atoms with E-state index in [-0.39, 0.29) is 13.3 Å². The molecule has 2 aromatic heterocycles. The van der Waals surface area contributed by atoms with Crippen molar-refractivity contribution in [1.82, 2.24) is 9.97 Å². The van der Waals surface area contributed by atoms with E-state index in [1.807, 2.05) is 37.4 Å². The first-order chi connectivity index (χ1) is 11.0. The highest BCUT2D eigenvalue weighted by Gasteiger charge is 1.92. The second-order valence-corrected chi connectivity index (χ2v) is 6.74. The zero-order valence-corrected chi connectivity index (χ0v) is 17.5. The van der Waals surface area contributed by atoms with Crippen LogP contribution in [-0.4, -0.2) is 28.6 Å². The molecule has 0 aliphatic rings. The number of halogens is 5. The molecular weight excluding hydrogens is 498 g/mol. The zero-order chi connectivity index (χ0) is 17.5. The number of hydrogen-bond donors (Lipinski definition) is 0. The van der Waals surface area contributed by atoms with Crippen molar-refractivity contribution in [2.45, 2.75) is 19.8 Å². The van der Waals surface area contributed by atoms with Gasteiger partial charge < -0.3 is 0 Å². The van der Waals surface area contributed by atoms with Crippen molar-refractivity contribution in [2.24, 2.45) is 0 Å². The van der Waals surface area contributed by atoms with Crippen molar-refractivity contribution in [3.8, 4) is 0 Å².